The molecule has 1 rings (SSSR count). The van der Waals surface area contributed by atoms with Crippen LogP contribution in [0, 0.1) is 0 Å². The zero-order valence-corrected chi connectivity index (χ0v) is 10.5. The van der Waals surface area contributed by atoms with E-state index in [2.05, 4.69) is 24.1 Å². The maximum atomic E-state index is 5.30. The number of hydrogen-bond donors (Lipinski definition) is 1. The molecule has 3 nitrogen and oxygen atoms in total. The number of ether oxygens (including phenoxy) is 1. The maximum Gasteiger partial charge on any atom is 0.0618 e. The van der Waals surface area contributed by atoms with Crippen molar-refractivity contribution in [3.05, 3.63) is 0 Å². The lowest BCUT2D eigenvalue weighted by atomic mass is 10.1. The lowest BCUT2D eigenvalue weighted by molar-refractivity contribution is 0.0982. The van der Waals surface area contributed by atoms with Gasteiger partial charge in [-0.25, -0.2) is 0 Å². The van der Waals surface area contributed by atoms with Gasteiger partial charge in [-0.3, -0.25) is 4.90 Å². The molecule has 0 amide bonds. The molecule has 0 aliphatic carbocycles. The van der Waals surface area contributed by atoms with Crippen LogP contribution in [-0.4, -0.2) is 50.3 Å². The molecule has 0 aromatic rings. The highest BCUT2D eigenvalue weighted by Gasteiger charge is 2.26. The summed E-state index contributed by atoms with van der Waals surface area (Å²) in [6.07, 6.45) is 3.79. The van der Waals surface area contributed by atoms with Gasteiger partial charge < -0.3 is 10.1 Å². The molecule has 0 aromatic carbocycles. The van der Waals surface area contributed by atoms with Crippen LogP contribution in [0.1, 0.15) is 33.1 Å². The third-order valence-corrected chi connectivity index (χ3v) is 3.21. The van der Waals surface area contributed by atoms with Crippen LogP contribution in [0.15, 0.2) is 0 Å². The van der Waals surface area contributed by atoms with Gasteiger partial charge in [-0.05, 0) is 19.4 Å². The summed E-state index contributed by atoms with van der Waals surface area (Å²) in [5, 5.41) is 3.53. The molecule has 90 valence electrons. The predicted octanol–water partition coefficient (Wildman–Crippen LogP) is 1.49. The lowest BCUT2D eigenvalue weighted by Gasteiger charge is -2.27. The minimum absolute atomic E-state index is 0.628. The molecule has 3 heteroatoms. The van der Waals surface area contributed by atoms with Crippen molar-refractivity contribution in [3.63, 3.8) is 0 Å². The number of nitrogens with zero attached hydrogens (tertiary/aromatic N) is 1. The highest BCUT2D eigenvalue weighted by molar-refractivity contribution is 4.84. The van der Waals surface area contributed by atoms with Crippen molar-refractivity contribution >= 4 is 0 Å². The first-order chi connectivity index (χ1) is 7.31. The highest BCUT2D eigenvalue weighted by atomic mass is 16.5. The third kappa shape index (κ3) is 4.09. The predicted molar refractivity (Wildman–Crippen MR) is 64.2 cm³/mol. The summed E-state index contributed by atoms with van der Waals surface area (Å²) in [4.78, 5) is 2.58. The molecule has 0 spiro atoms. The Kier molecular flexibility index (Phi) is 6.22. The van der Waals surface area contributed by atoms with E-state index in [4.69, 9.17) is 4.74 Å². The van der Waals surface area contributed by atoms with E-state index in [1.807, 2.05) is 0 Å². The molecular weight excluding hydrogens is 188 g/mol. The Morgan fingerprint density at radius 2 is 2.27 bits per heavy atom. The smallest absolute Gasteiger partial charge is 0.0618 e. The van der Waals surface area contributed by atoms with Crippen LogP contribution in [-0.2, 0) is 4.74 Å². The fraction of sp³-hybridized carbons (Fsp3) is 1.00. The fourth-order valence-corrected chi connectivity index (χ4v) is 2.47. The van der Waals surface area contributed by atoms with Crippen LogP contribution < -0.4 is 5.32 Å². The summed E-state index contributed by atoms with van der Waals surface area (Å²) in [5.41, 5.74) is 0. The molecule has 1 aliphatic heterocycles. The SMILES string of the molecule is CCCC(COC)N1CCC(NCC)C1. The molecule has 1 heterocycles. The Hall–Kier alpha value is -0.120. The van der Waals surface area contributed by atoms with Crippen molar-refractivity contribution in [3.8, 4) is 0 Å². The summed E-state index contributed by atoms with van der Waals surface area (Å²) in [6.45, 7) is 8.82. The standard InChI is InChI=1S/C12H26N2O/c1-4-6-12(10-15-3)14-8-7-11(9-14)13-5-2/h11-13H,4-10H2,1-3H3. The van der Waals surface area contributed by atoms with Gasteiger partial charge in [-0.15, -0.1) is 0 Å². The fourth-order valence-electron chi connectivity index (χ4n) is 2.47. The minimum atomic E-state index is 0.628. The first-order valence-electron chi connectivity index (χ1n) is 6.28. The van der Waals surface area contributed by atoms with E-state index in [9.17, 15) is 0 Å². The van der Waals surface area contributed by atoms with E-state index in [0.717, 1.165) is 13.2 Å². The summed E-state index contributed by atoms with van der Waals surface area (Å²) in [5.74, 6) is 0. The second kappa shape index (κ2) is 7.20. The number of likely N-dealkylation sites (N-methyl/N-ethyl adjacent to an activating group) is 1. The highest BCUT2D eigenvalue weighted by Crippen LogP contribution is 2.16. The zero-order chi connectivity index (χ0) is 11.1. The second-order valence-electron chi connectivity index (χ2n) is 4.44. The molecule has 0 saturated carbocycles. The van der Waals surface area contributed by atoms with E-state index in [1.165, 1.54) is 32.4 Å². The average Bonchev–Trinajstić information content (AvgIpc) is 2.67. The molecule has 1 N–H and O–H groups in total. The van der Waals surface area contributed by atoms with Gasteiger partial charge in [0.2, 0.25) is 0 Å². The first kappa shape index (κ1) is 12.9. The van der Waals surface area contributed by atoms with Gasteiger partial charge >= 0.3 is 0 Å². The van der Waals surface area contributed by atoms with Gasteiger partial charge in [0, 0.05) is 32.3 Å². The van der Waals surface area contributed by atoms with Crippen molar-refractivity contribution in [2.75, 3.05) is 33.4 Å². The van der Waals surface area contributed by atoms with Gasteiger partial charge in [-0.1, -0.05) is 20.3 Å². The Labute approximate surface area is 94.2 Å². The largest absolute Gasteiger partial charge is 0.383 e. The molecule has 15 heavy (non-hydrogen) atoms. The number of likely N-dealkylation sites (tertiary alicyclic amines) is 1. The molecule has 0 aromatic heterocycles. The summed E-state index contributed by atoms with van der Waals surface area (Å²) < 4.78 is 5.30. The summed E-state index contributed by atoms with van der Waals surface area (Å²) >= 11 is 0. The van der Waals surface area contributed by atoms with Crippen LogP contribution in [0.4, 0.5) is 0 Å². The Morgan fingerprint density at radius 3 is 2.87 bits per heavy atom. The monoisotopic (exact) mass is 214 g/mol. The summed E-state index contributed by atoms with van der Waals surface area (Å²) in [6, 6.07) is 1.33. The molecule has 1 fully saturated rings. The van der Waals surface area contributed by atoms with E-state index < -0.39 is 0 Å². The quantitative estimate of drug-likeness (QED) is 0.695. The van der Waals surface area contributed by atoms with Crippen molar-refractivity contribution in [1.82, 2.24) is 10.2 Å². The Balaban J connectivity index is 2.34. The van der Waals surface area contributed by atoms with Crippen molar-refractivity contribution in [1.29, 1.82) is 0 Å². The van der Waals surface area contributed by atoms with Crippen LogP contribution >= 0.6 is 0 Å². The molecule has 2 unspecified atom stereocenters. The molecule has 1 saturated heterocycles. The van der Waals surface area contributed by atoms with Gasteiger partial charge in [0.1, 0.15) is 0 Å². The zero-order valence-electron chi connectivity index (χ0n) is 10.5. The van der Waals surface area contributed by atoms with Crippen molar-refractivity contribution in [2.45, 2.75) is 45.2 Å². The molecule has 0 radical (unpaired) electrons. The van der Waals surface area contributed by atoms with Crippen LogP contribution in [0.5, 0.6) is 0 Å². The molecular formula is C12H26N2O. The number of hydrogen-bond acceptors (Lipinski definition) is 3. The maximum absolute atomic E-state index is 5.30. The average molecular weight is 214 g/mol. The number of methoxy groups -OCH3 is 1. The van der Waals surface area contributed by atoms with Gasteiger partial charge in [0.05, 0.1) is 6.61 Å². The van der Waals surface area contributed by atoms with Gasteiger partial charge in [0.15, 0.2) is 0 Å². The minimum Gasteiger partial charge on any atom is -0.383 e. The van der Waals surface area contributed by atoms with E-state index in [1.54, 1.807) is 7.11 Å². The van der Waals surface area contributed by atoms with E-state index in [-0.39, 0.29) is 0 Å². The van der Waals surface area contributed by atoms with Gasteiger partial charge in [0.25, 0.3) is 0 Å². The van der Waals surface area contributed by atoms with Gasteiger partial charge in [-0.2, -0.15) is 0 Å². The van der Waals surface area contributed by atoms with E-state index in [0.29, 0.717) is 12.1 Å². The van der Waals surface area contributed by atoms with Crippen molar-refractivity contribution < 1.29 is 4.74 Å². The lowest BCUT2D eigenvalue weighted by Crippen LogP contribution is -2.39. The first-order valence-corrected chi connectivity index (χ1v) is 6.28. The topological polar surface area (TPSA) is 24.5 Å². The van der Waals surface area contributed by atoms with Crippen LogP contribution in [0.25, 0.3) is 0 Å². The molecule has 2 atom stereocenters. The van der Waals surface area contributed by atoms with Crippen molar-refractivity contribution in [2.24, 2.45) is 0 Å². The number of rotatable bonds is 7. The molecule has 0 bridgehead atoms. The van der Waals surface area contributed by atoms with E-state index >= 15 is 0 Å². The van der Waals surface area contributed by atoms with Crippen LogP contribution in [0.3, 0.4) is 0 Å². The molecule has 1 aliphatic rings. The van der Waals surface area contributed by atoms with Crippen LogP contribution in [0.2, 0.25) is 0 Å². The summed E-state index contributed by atoms with van der Waals surface area (Å²) in [7, 11) is 1.81. The number of nitrogens with one attached hydrogen (secondary N) is 1. The second-order valence-corrected chi connectivity index (χ2v) is 4.44. The Bertz CT molecular complexity index is 158. The third-order valence-electron chi connectivity index (χ3n) is 3.21. The Morgan fingerprint density at radius 1 is 1.47 bits per heavy atom. The normalized spacial score (nSPS) is 24.6.